The highest BCUT2D eigenvalue weighted by Gasteiger charge is 2.13. The van der Waals surface area contributed by atoms with Crippen LogP contribution >= 0.6 is 0 Å². The Bertz CT molecular complexity index is 485. The maximum atomic E-state index is 10.6. The van der Waals surface area contributed by atoms with Gasteiger partial charge in [-0.2, -0.15) is 0 Å². The second-order valence-electron chi connectivity index (χ2n) is 3.55. The van der Waals surface area contributed by atoms with E-state index >= 15 is 0 Å². The zero-order chi connectivity index (χ0) is 13.5. The van der Waals surface area contributed by atoms with Gasteiger partial charge in [0.1, 0.15) is 11.9 Å². The minimum atomic E-state index is -0.543. The lowest BCUT2D eigenvalue weighted by atomic mass is 10.1. The second kappa shape index (κ2) is 6.43. The Morgan fingerprint density at radius 1 is 1.67 bits per heavy atom. The molecule has 0 saturated carbocycles. The van der Waals surface area contributed by atoms with Crippen LogP contribution in [-0.4, -0.2) is 22.7 Å². The van der Waals surface area contributed by atoms with E-state index in [0.29, 0.717) is 11.3 Å². The number of aliphatic hydroxyl groups excluding tert-OH is 1. The quantitative estimate of drug-likeness (QED) is 0.274. The first-order chi connectivity index (χ1) is 8.58. The number of hydrogen-bond acceptors (Lipinski definition) is 5. The monoisotopic (exact) mass is 252 g/mol. The van der Waals surface area contributed by atoms with Crippen LogP contribution in [0.1, 0.15) is 12.5 Å². The molecule has 0 heterocycles. The van der Waals surface area contributed by atoms with Crippen LogP contribution in [0.4, 0.5) is 5.69 Å². The maximum Gasteiger partial charge on any atom is 0.269 e. The van der Waals surface area contributed by atoms with E-state index in [1.54, 1.807) is 6.92 Å². The van der Waals surface area contributed by atoms with Crippen LogP contribution < -0.4 is 4.74 Å². The number of ether oxygens (including phenoxy) is 1. The van der Waals surface area contributed by atoms with Crippen molar-refractivity contribution in [3.05, 3.63) is 44.3 Å². The highest BCUT2D eigenvalue weighted by Crippen LogP contribution is 2.25. The molecular weight excluding hydrogens is 240 g/mol. The molecular formula is C10H12N4O4. The van der Waals surface area contributed by atoms with Crippen molar-refractivity contribution in [1.82, 2.24) is 0 Å². The van der Waals surface area contributed by atoms with Crippen molar-refractivity contribution in [2.45, 2.75) is 19.6 Å². The highest BCUT2D eigenvalue weighted by atomic mass is 16.6. The van der Waals surface area contributed by atoms with E-state index in [2.05, 4.69) is 10.0 Å². The third kappa shape index (κ3) is 3.62. The van der Waals surface area contributed by atoms with Crippen molar-refractivity contribution in [3.8, 4) is 5.75 Å². The molecule has 1 aromatic rings. The van der Waals surface area contributed by atoms with E-state index < -0.39 is 11.0 Å². The van der Waals surface area contributed by atoms with Crippen molar-refractivity contribution in [3.63, 3.8) is 0 Å². The Balaban J connectivity index is 3.07. The molecule has 0 radical (unpaired) electrons. The maximum absolute atomic E-state index is 10.6. The third-order valence-corrected chi connectivity index (χ3v) is 2.14. The predicted molar refractivity (Wildman–Crippen MR) is 63.1 cm³/mol. The summed E-state index contributed by atoms with van der Waals surface area (Å²) in [6.45, 7) is 1.42. The van der Waals surface area contributed by atoms with Crippen molar-refractivity contribution in [1.29, 1.82) is 0 Å². The van der Waals surface area contributed by atoms with Gasteiger partial charge < -0.3 is 9.84 Å². The number of aliphatic hydroxyl groups is 1. The number of nitro groups is 1. The van der Waals surface area contributed by atoms with Crippen LogP contribution in [0.25, 0.3) is 10.4 Å². The van der Waals surface area contributed by atoms with Crippen LogP contribution in [-0.2, 0) is 6.54 Å². The first-order valence-electron chi connectivity index (χ1n) is 5.14. The topological polar surface area (TPSA) is 121 Å². The molecule has 0 aromatic heterocycles. The van der Waals surface area contributed by atoms with Gasteiger partial charge in [0.25, 0.3) is 5.69 Å². The summed E-state index contributed by atoms with van der Waals surface area (Å²) in [5, 5.41) is 22.9. The van der Waals surface area contributed by atoms with Crippen molar-refractivity contribution in [2.24, 2.45) is 5.11 Å². The van der Waals surface area contributed by atoms with Crippen LogP contribution in [0.2, 0.25) is 0 Å². The van der Waals surface area contributed by atoms with Gasteiger partial charge in [-0.05, 0) is 18.5 Å². The van der Waals surface area contributed by atoms with Crippen LogP contribution in [0.5, 0.6) is 5.75 Å². The lowest BCUT2D eigenvalue weighted by molar-refractivity contribution is -0.384. The Morgan fingerprint density at radius 2 is 2.39 bits per heavy atom. The smallest absolute Gasteiger partial charge is 0.269 e. The van der Waals surface area contributed by atoms with Gasteiger partial charge in [0.2, 0.25) is 0 Å². The summed E-state index contributed by atoms with van der Waals surface area (Å²) < 4.78 is 5.37. The molecule has 8 heteroatoms. The Kier molecular flexibility index (Phi) is 4.91. The summed E-state index contributed by atoms with van der Waals surface area (Å²) in [4.78, 5) is 12.7. The molecule has 0 bridgehead atoms. The van der Waals surface area contributed by atoms with Gasteiger partial charge in [0.05, 0.1) is 18.1 Å². The average molecular weight is 252 g/mol. The van der Waals surface area contributed by atoms with E-state index in [4.69, 9.17) is 15.4 Å². The number of nitrogens with zero attached hydrogens (tertiary/aromatic N) is 4. The van der Waals surface area contributed by atoms with Gasteiger partial charge >= 0.3 is 0 Å². The molecule has 0 spiro atoms. The molecule has 1 unspecified atom stereocenters. The molecule has 0 amide bonds. The molecule has 0 aliphatic heterocycles. The van der Waals surface area contributed by atoms with E-state index in [-0.39, 0.29) is 18.8 Å². The molecule has 18 heavy (non-hydrogen) atoms. The van der Waals surface area contributed by atoms with Crippen molar-refractivity contribution >= 4 is 5.69 Å². The van der Waals surface area contributed by atoms with Crippen LogP contribution in [0.3, 0.4) is 0 Å². The summed E-state index contributed by atoms with van der Waals surface area (Å²) in [5.74, 6) is 0.356. The molecule has 0 aliphatic rings. The normalized spacial score (nSPS) is 11.4. The van der Waals surface area contributed by atoms with E-state index in [0.717, 1.165) is 0 Å². The molecule has 1 rings (SSSR count). The fourth-order valence-electron chi connectivity index (χ4n) is 1.28. The van der Waals surface area contributed by atoms with Gasteiger partial charge in [0.15, 0.2) is 0 Å². The van der Waals surface area contributed by atoms with Crippen molar-refractivity contribution < 1.29 is 14.8 Å². The summed E-state index contributed by atoms with van der Waals surface area (Å²) in [6.07, 6.45) is -0.448. The standard InChI is InChI=1S/C10H12N4O4/c1-7(6-15)18-10-3-2-9(14(16)17)4-8(10)5-12-13-11/h2-4,7,15H,5-6H2,1H3. The molecule has 1 N–H and O–H groups in total. The zero-order valence-corrected chi connectivity index (χ0v) is 9.68. The predicted octanol–water partition coefficient (Wildman–Crippen LogP) is 2.16. The molecule has 8 nitrogen and oxygen atoms in total. The Hall–Kier alpha value is -2.31. The number of nitro benzene ring substituents is 1. The molecule has 0 fully saturated rings. The number of azide groups is 1. The minimum Gasteiger partial charge on any atom is -0.488 e. The first kappa shape index (κ1) is 13.8. The number of non-ortho nitro benzene ring substituents is 1. The van der Waals surface area contributed by atoms with Crippen LogP contribution in [0.15, 0.2) is 23.3 Å². The van der Waals surface area contributed by atoms with Crippen LogP contribution in [0, 0.1) is 10.1 Å². The fraction of sp³-hybridized carbons (Fsp3) is 0.400. The first-order valence-corrected chi connectivity index (χ1v) is 5.14. The average Bonchev–Trinajstić information content (AvgIpc) is 2.37. The molecule has 0 saturated heterocycles. The van der Waals surface area contributed by atoms with E-state index in [9.17, 15) is 10.1 Å². The summed E-state index contributed by atoms with van der Waals surface area (Å²) in [5.41, 5.74) is 8.56. The molecule has 96 valence electrons. The minimum absolute atomic E-state index is 0.0499. The van der Waals surface area contributed by atoms with E-state index in [1.165, 1.54) is 18.2 Å². The number of rotatable bonds is 6. The summed E-state index contributed by atoms with van der Waals surface area (Å²) >= 11 is 0. The Morgan fingerprint density at radius 3 is 2.94 bits per heavy atom. The fourth-order valence-corrected chi connectivity index (χ4v) is 1.28. The summed E-state index contributed by atoms with van der Waals surface area (Å²) in [7, 11) is 0. The second-order valence-corrected chi connectivity index (χ2v) is 3.55. The number of hydrogen-bond donors (Lipinski definition) is 1. The highest BCUT2D eigenvalue weighted by molar-refractivity contribution is 5.44. The summed E-state index contributed by atoms with van der Waals surface area (Å²) in [6, 6.07) is 4.00. The van der Waals surface area contributed by atoms with Gasteiger partial charge in [0, 0.05) is 22.6 Å². The lowest BCUT2D eigenvalue weighted by Crippen LogP contribution is -2.17. The Labute approximate surface area is 103 Å². The largest absolute Gasteiger partial charge is 0.488 e. The van der Waals surface area contributed by atoms with Crippen molar-refractivity contribution in [2.75, 3.05) is 6.61 Å². The van der Waals surface area contributed by atoms with Gasteiger partial charge in [-0.1, -0.05) is 5.11 Å². The third-order valence-electron chi connectivity index (χ3n) is 2.14. The molecule has 1 aromatic carbocycles. The van der Waals surface area contributed by atoms with Gasteiger partial charge in [-0.3, -0.25) is 10.1 Å². The van der Waals surface area contributed by atoms with E-state index in [1.807, 2.05) is 0 Å². The SMILES string of the molecule is CC(CO)Oc1ccc([N+](=O)[O-])cc1CN=[N+]=[N-]. The molecule has 1 atom stereocenters. The van der Waals surface area contributed by atoms with Gasteiger partial charge in [-0.15, -0.1) is 0 Å². The molecule has 0 aliphatic carbocycles. The van der Waals surface area contributed by atoms with Gasteiger partial charge in [-0.25, -0.2) is 0 Å². The number of benzene rings is 1. The zero-order valence-electron chi connectivity index (χ0n) is 9.68. The lowest BCUT2D eigenvalue weighted by Gasteiger charge is -2.14.